The number of nitrogens with zero attached hydrogens (tertiary/aromatic N) is 2. The zero-order chi connectivity index (χ0) is 16.8. The van der Waals surface area contributed by atoms with E-state index in [4.69, 9.17) is 0 Å². The van der Waals surface area contributed by atoms with E-state index in [0.29, 0.717) is 23.8 Å². The Morgan fingerprint density at radius 3 is 2.96 bits per heavy atom. The molecule has 2 rings (SSSR count). The van der Waals surface area contributed by atoms with E-state index >= 15 is 0 Å². The van der Waals surface area contributed by atoms with Crippen LogP contribution in [-0.2, 0) is 17.9 Å². The molecule has 1 amide bonds. The van der Waals surface area contributed by atoms with Crippen LogP contribution < -0.4 is 11.0 Å². The quantitative estimate of drug-likeness (QED) is 0.755. The summed E-state index contributed by atoms with van der Waals surface area (Å²) in [5.74, 6) is -0.271. The van der Waals surface area contributed by atoms with Gasteiger partial charge in [0.05, 0.1) is 5.75 Å². The average Bonchev–Trinajstić information content (AvgIpc) is 2.87. The van der Waals surface area contributed by atoms with Gasteiger partial charge in [-0.1, -0.05) is 30.8 Å². The van der Waals surface area contributed by atoms with E-state index in [1.54, 1.807) is 19.1 Å². The third kappa shape index (κ3) is 4.69. The Bertz CT molecular complexity index is 741. The molecule has 23 heavy (non-hydrogen) atoms. The highest BCUT2D eigenvalue weighted by molar-refractivity contribution is 7.99. The van der Waals surface area contributed by atoms with Crippen molar-refractivity contribution < 1.29 is 9.18 Å². The van der Waals surface area contributed by atoms with Crippen molar-refractivity contribution in [2.24, 2.45) is 0 Å². The molecule has 0 bridgehead atoms. The van der Waals surface area contributed by atoms with Gasteiger partial charge in [0.2, 0.25) is 5.91 Å². The Morgan fingerprint density at radius 2 is 2.26 bits per heavy atom. The molecule has 8 heteroatoms. The number of hydrogen-bond donors (Lipinski definition) is 2. The Labute approximate surface area is 137 Å². The molecule has 0 aliphatic heterocycles. The summed E-state index contributed by atoms with van der Waals surface area (Å²) in [6, 6.07) is 4.73. The summed E-state index contributed by atoms with van der Waals surface area (Å²) in [4.78, 5) is 23.4. The second-order valence-corrected chi connectivity index (χ2v) is 6.05. The molecular weight excluding hydrogens is 319 g/mol. The summed E-state index contributed by atoms with van der Waals surface area (Å²) in [7, 11) is 0. The Balaban J connectivity index is 1.85. The van der Waals surface area contributed by atoms with Crippen LogP contribution >= 0.6 is 11.8 Å². The topological polar surface area (TPSA) is 79.8 Å². The standard InChI is InChI=1S/C15H19FN4O2S/c1-3-6-20-14(22)18-19-15(20)23-9-13(21)17-8-11-4-5-12(16)10(2)7-11/h4-5,7H,3,6,8-9H2,1-2H3,(H,17,21)(H,18,22). The van der Waals surface area contributed by atoms with Crippen LogP contribution in [0.3, 0.4) is 0 Å². The van der Waals surface area contributed by atoms with E-state index in [1.165, 1.54) is 22.4 Å². The molecule has 0 radical (unpaired) electrons. The molecule has 2 aromatic rings. The first-order valence-corrected chi connectivity index (χ1v) is 8.29. The number of aromatic nitrogens is 3. The van der Waals surface area contributed by atoms with Crippen LogP contribution in [-0.4, -0.2) is 26.4 Å². The molecule has 1 aromatic carbocycles. The molecular formula is C15H19FN4O2S. The van der Waals surface area contributed by atoms with Crippen LogP contribution in [0.1, 0.15) is 24.5 Å². The fourth-order valence-corrected chi connectivity index (χ4v) is 2.84. The molecule has 0 unspecified atom stereocenters. The number of rotatable bonds is 7. The van der Waals surface area contributed by atoms with Crippen LogP contribution in [0.2, 0.25) is 0 Å². The predicted octanol–water partition coefficient (Wildman–Crippen LogP) is 1.84. The van der Waals surface area contributed by atoms with E-state index in [9.17, 15) is 14.0 Å². The summed E-state index contributed by atoms with van der Waals surface area (Å²) in [5, 5.41) is 9.57. The summed E-state index contributed by atoms with van der Waals surface area (Å²) >= 11 is 1.21. The van der Waals surface area contributed by atoms with Gasteiger partial charge in [-0.15, -0.1) is 5.10 Å². The predicted molar refractivity (Wildman–Crippen MR) is 86.8 cm³/mol. The highest BCUT2D eigenvalue weighted by Crippen LogP contribution is 2.13. The van der Waals surface area contributed by atoms with Gasteiger partial charge in [-0.2, -0.15) is 0 Å². The number of amides is 1. The highest BCUT2D eigenvalue weighted by Gasteiger charge is 2.10. The van der Waals surface area contributed by atoms with Crippen molar-refractivity contribution in [2.45, 2.75) is 38.5 Å². The molecule has 2 N–H and O–H groups in total. The molecule has 124 valence electrons. The first kappa shape index (κ1) is 17.3. The summed E-state index contributed by atoms with van der Waals surface area (Å²) < 4.78 is 14.7. The first-order valence-electron chi connectivity index (χ1n) is 7.31. The number of aromatic amines is 1. The lowest BCUT2D eigenvalue weighted by molar-refractivity contribution is -0.118. The van der Waals surface area contributed by atoms with Gasteiger partial charge in [-0.25, -0.2) is 14.3 Å². The van der Waals surface area contributed by atoms with Crippen molar-refractivity contribution in [2.75, 3.05) is 5.75 Å². The summed E-state index contributed by atoms with van der Waals surface area (Å²) in [5.41, 5.74) is 1.12. The lowest BCUT2D eigenvalue weighted by Crippen LogP contribution is -2.25. The zero-order valence-corrected chi connectivity index (χ0v) is 13.9. The van der Waals surface area contributed by atoms with Crippen LogP contribution in [0.4, 0.5) is 4.39 Å². The largest absolute Gasteiger partial charge is 0.351 e. The van der Waals surface area contributed by atoms with E-state index in [0.717, 1.165) is 12.0 Å². The number of H-pyrrole nitrogens is 1. The highest BCUT2D eigenvalue weighted by atomic mass is 32.2. The van der Waals surface area contributed by atoms with Crippen LogP contribution in [0, 0.1) is 12.7 Å². The lowest BCUT2D eigenvalue weighted by atomic mass is 10.1. The van der Waals surface area contributed by atoms with Crippen LogP contribution in [0.25, 0.3) is 0 Å². The van der Waals surface area contributed by atoms with E-state index < -0.39 is 0 Å². The van der Waals surface area contributed by atoms with E-state index in [-0.39, 0.29) is 23.2 Å². The third-order valence-corrected chi connectivity index (χ3v) is 4.19. The van der Waals surface area contributed by atoms with E-state index in [2.05, 4.69) is 15.5 Å². The fourth-order valence-electron chi connectivity index (χ4n) is 2.03. The van der Waals surface area contributed by atoms with Gasteiger partial charge in [-0.3, -0.25) is 9.36 Å². The number of carbonyl (C=O) groups excluding carboxylic acids is 1. The van der Waals surface area contributed by atoms with E-state index in [1.807, 2.05) is 6.92 Å². The van der Waals surface area contributed by atoms with Crippen molar-refractivity contribution in [1.29, 1.82) is 0 Å². The third-order valence-electron chi connectivity index (χ3n) is 3.21. The number of hydrogen-bond acceptors (Lipinski definition) is 4. The maximum atomic E-state index is 13.2. The Kier molecular flexibility index (Phi) is 5.97. The smallest absolute Gasteiger partial charge is 0.343 e. The van der Waals surface area contributed by atoms with Crippen molar-refractivity contribution in [3.05, 3.63) is 45.6 Å². The number of nitrogens with one attached hydrogen (secondary N) is 2. The van der Waals surface area contributed by atoms with Gasteiger partial charge in [0.15, 0.2) is 5.16 Å². The number of halogens is 1. The molecule has 0 aliphatic carbocycles. The van der Waals surface area contributed by atoms with Gasteiger partial charge >= 0.3 is 5.69 Å². The Morgan fingerprint density at radius 1 is 1.48 bits per heavy atom. The molecule has 0 fully saturated rings. The van der Waals surface area contributed by atoms with Crippen LogP contribution in [0.5, 0.6) is 0 Å². The van der Waals surface area contributed by atoms with Gasteiger partial charge in [0.1, 0.15) is 5.82 Å². The molecule has 0 saturated heterocycles. The zero-order valence-electron chi connectivity index (χ0n) is 13.1. The molecule has 1 heterocycles. The molecule has 0 saturated carbocycles. The monoisotopic (exact) mass is 338 g/mol. The van der Waals surface area contributed by atoms with Crippen molar-refractivity contribution in [1.82, 2.24) is 20.1 Å². The maximum Gasteiger partial charge on any atom is 0.343 e. The summed E-state index contributed by atoms with van der Waals surface area (Å²) in [6.07, 6.45) is 0.809. The average molecular weight is 338 g/mol. The fraction of sp³-hybridized carbons (Fsp3) is 0.400. The lowest BCUT2D eigenvalue weighted by Gasteiger charge is -2.07. The second-order valence-electron chi connectivity index (χ2n) is 5.11. The minimum Gasteiger partial charge on any atom is -0.351 e. The minimum atomic E-state index is -0.267. The molecule has 6 nitrogen and oxygen atoms in total. The van der Waals surface area contributed by atoms with Gasteiger partial charge in [-0.05, 0) is 30.5 Å². The summed E-state index contributed by atoms with van der Waals surface area (Å²) in [6.45, 7) is 4.54. The number of carbonyl (C=O) groups is 1. The number of thioether (sulfide) groups is 1. The molecule has 1 aromatic heterocycles. The van der Waals surface area contributed by atoms with Crippen molar-refractivity contribution >= 4 is 17.7 Å². The van der Waals surface area contributed by atoms with Gasteiger partial charge in [0.25, 0.3) is 0 Å². The molecule has 0 aliphatic rings. The number of benzene rings is 1. The normalized spacial score (nSPS) is 10.7. The van der Waals surface area contributed by atoms with Crippen LogP contribution in [0.15, 0.2) is 28.2 Å². The van der Waals surface area contributed by atoms with Crippen molar-refractivity contribution in [3.8, 4) is 0 Å². The minimum absolute atomic E-state index is 0.161. The molecule has 0 atom stereocenters. The Hall–Kier alpha value is -2.09. The SMILES string of the molecule is CCCn1c(SCC(=O)NCc2ccc(F)c(C)c2)n[nH]c1=O. The van der Waals surface area contributed by atoms with Gasteiger partial charge in [0, 0.05) is 13.1 Å². The first-order chi connectivity index (χ1) is 11.0. The molecule has 0 spiro atoms. The second kappa shape index (κ2) is 7.96. The van der Waals surface area contributed by atoms with Crippen molar-refractivity contribution in [3.63, 3.8) is 0 Å². The van der Waals surface area contributed by atoms with Gasteiger partial charge < -0.3 is 5.32 Å². The number of aryl methyl sites for hydroxylation is 1. The maximum absolute atomic E-state index is 13.2.